The molecule has 5 heteroatoms. The van der Waals surface area contributed by atoms with Gasteiger partial charge in [0.2, 0.25) is 5.56 Å². The van der Waals surface area contributed by atoms with Crippen molar-refractivity contribution in [3.8, 4) is 11.5 Å². The molecule has 16 heavy (non-hydrogen) atoms. The van der Waals surface area contributed by atoms with Gasteiger partial charge in [-0.05, 0) is 19.1 Å². The summed E-state index contributed by atoms with van der Waals surface area (Å²) in [7, 11) is 0. The van der Waals surface area contributed by atoms with Gasteiger partial charge in [0.15, 0.2) is 11.5 Å². The van der Waals surface area contributed by atoms with Gasteiger partial charge in [-0.15, -0.1) is 0 Å². The normalized spacial score (nSPS) is 24.6. The second kappa shape index (κ2) is 4.72. The Labute approximate surface area is 98.1 Å². The van der Waals surface area contributed by atoms with Crippen LogP contribution in [0.3, 0.4) is 0 Å². The Kier molecular flexibility index (Phi) is 3.31. The smallest absolute Gasteiger partial charge is 0.298 e. The van der Waals surface area contributed by atoms with Gasteiger partial charge < -0.3 is 14.2 Å². The van der Waals surface area contributed by atoms with Crippen molar-refractivity contribution in [2.75, 3.05) is 0 Å². The summed E-state index contributed by atoms with van der Waals surface area (Å²) in [4.78, 5) is 10.3. The minimum atomic E-state index is -0.577. The van der Waals surface area contributed by atoms with Crippen molar-refractivity contribution in [3.63, 3.8) is 0 Å². The highest BCUT2D eigenvalue weighted by Gasteiger charge is 2.42. The molecule has 1 aromatic rings. The molecule has 1 aliphatic rings. The molecule has 0 aromatic heterocycles. The average Bonchev–Trinajstić information content (AvgIpc) is 2.99. The standard InChI is InChI=1S/C11H11ClO4/c1-7-10(15-7)11(12)16-9-5-3-2-4-8(9)14-6-13/h2-7,10-11H,1H3. The SMILES string of the molecule is CC1OC1C(Cl)Oc1ccccc1OC=O. The molecule has 1 aromatic carbocycles. The fourth-order valence-electron chi connectivity index (χ4n) is 1.36. The number of epoxide rings is 1. The summed E-state index contributed by atoms with van der Waals surface area (Å²) in [5.41, 5.74) is -0.577. The zero-order chi connectivity index (χ0) is 11.5. The van der Waals surface area contributed by atoms with Gasteiger partial charge in [0.1, 0.15) is 6.10 Å². The maximum atomic E-state index is 10.3. The Bertz CT molecular complexity index is 382. The quantitative estimate of drug-likeness (QED) is 0.450. The second-order valence-corrected chi connectivity index (χ2v) is 3.87. The summed E-state index contributed by atoms with van der Waals surface area (Å²) >= 11 is 5.99. The lowest BCUT2D eigenvalue weighted by Crippen LogP contribution is -2.17. The van der Waals surface area contributed by atoms with Gasteiger partial charge in [-0.1, -0.05) is 23.7 Å². The van der Waals surface area contributed by atoms with Crippen LogP contribution in [-0.2, 0) is 9.53 Å². The number of hydrogen-bond donors (Lipinski definition) is 0. The molecule has 1 aliphatic heterocycles. The maximum Gasteiger partial charge on any atom is 0.298 e. The van der Waals surface area contributed by atoms with E-state index in [0.717, 1.165) is 0 Å². The molecule has 3 unspecified atom stereocenters. The summed E-state index contributed by atoms with van der Waals surface area (Å²) in [5.74, 6) is 0.772. The number of benzene rings is 1. The van der Waals surface area contributed by atoms with Gasteiger partial charge in [0.25, 0.3) is 6.47 Å². The van der Waals surface area contributed by atoms with E-state index >= 15 is 0 Å². The van der Waals surface area contributed by atoms with Gasteiger partial charge in [-0.25, -0.2) is 0 Å². The van der Waals surface area contributed by atoms with Crippen LogP contribution in [-0.4, -0.2) is 24.2 Å². The first kappa shape index (κ1) is 11.2. The van der Waals surface area contributed by atoms with Gasteiger partial charge in [-0.2, -0.15) is 0 Å². The van der Waals surface area contributed by atoms with Crippen LogP contribution < -0.4 is 9.47 Å². The molecule has 0 spiro atoms. The van der Waals surface area contributed by atoms with E-state index in [1.54, 1.807) is 24.3 Å². The lowest BCUT2D eigenvalue weighted by molar-refractivity contribution is -0.120. The topological polar surface area (TPSA) is 48.1 Å². The third-order valence-electron chi connectivity index (χ3n) is 2.28. The molecule has 4 nitrogen and oxygen atoms in total. The Morgan fingerprint density at radius 2 is 2.06 bits per heavy atom. The zero-order valence-electron chi connectivity index (χ0n) is 8.63. The first-order valence-electron chi connectivity index (χ1n) is 4.88. The van der Waals surface area contributed by atoms with E-state index in [1.807, 2.05) is 6.92 Å². The highest BCUT2D eigenvalue weighted by molar-refractivity contribution is 6.20. The Morgan fingerprint density at radius 3 is 2.62 bits per heavy atom. The van der Waals surface area contributed by atoms with Crippen molar-refractivity contribution < 1.29 is 19.0 Å². The summed E-state index contributed by atoms with van der Waals surface area (Å²) in [5, 5.41) is 0. The molecule has 0 bridgehead atoms. The van der Waals surface area contributed by atoms with E-state index in [0.29, 0.717) is 18.0 Å². The Balaban J connectivity index is 2.05. The number of ether oxygens (including phenoxy) is 3. The van der Waals surface area contributed by atoms with E-state index < -0.39 is 5.56 Å². The molecule has 2 rings (SSSR count). The first-order valence-corrected chi connectivity index (χ1v) is 5.31. The fraction of sp³-hybridized carbons (Fsp3) is 0.364. The van der Waals surface area contributed by atoms with E-state index in [4.69, 9.17) is 25.8 Å². The van der Waals surface area contributed by atoms with E-state index in [-0.39, 0.29) is 12.2 Å². The highest BCUT2D eigenvalue weighted by Crippen LogP contribution is 2.33. The van der Waals surface area contributed by atoms with E-state index in [1.165, 1.54) is 0 Å². The first-order chi connectivity index (χ1) is 7.72. The number of rotatable bonds is 5. The molecular formula is C11H11ClO4. The van der Waals surface area contributed by atoms with Crippen molar-refractivity contribution in [3.05, 3.63) is 24.3 Å². The number of halogens is 1. The highest BCUT2D eigenvalue weighted by atomic mass is 35.5. The van der Waals surface area contributed by atoms with Crippen LogP contribution in [0.5, 0.6) is 11.5 Å². The molecule has 3 atom stereocenters. The van der Waals surface area contributed by atoms with Crippen LogP contribution in [0.2, 0.25) is 0 Å². The van der Waals surface area contributed by atoms with Crippen molar-refractivity contribution in [1.29, 1.82) is 0 Å². The second-order valence-electron chi connectivity index (χ2n) is 3.44. The minimum absolute atomic E-state index is 0.106. The van der Waals surface area contributed by atoms with Crippen molar-refractivity contribution in [2.24, 2.45) is 0 Å². The molecular weight excluding hydrogens is 232 g/mol. The largest absolute Gasteiger partial charge is 0.468 e. The number of para-hydroxylation sites is 2. The number of alkyl halides is 1. The third kappa shape index (κ3) is 2.46. The van der Waals surface area contributed by atoms with E-state index in [9.17, 15) is 4.79 Å². The fourth-order valence-corrected chi connectivity index (χ4v) is 1.72. The lowest BCUT2D eigenvalue weighted by atomic mass is 10.3. The molecule has 86 valence electrons. The van der Waals surface area contributed by atoms with Gasteiger partial charge >= 0.3 is 0 Å². The predicted molar refractivity (Wildman–Crippen MR) is 57.7 cm³/mol. The molecule has 0 amide bonds. The summed E-state index contributed by atoms with van der Waals surface area (Å²) in [6.07, 6.45) is 0.00704. The molecule has 0 N–H and O–H groups in total. The van der Waals surface area contributed by atoms with Gasteiger partial charge in [-0.3, -0.25) is 4.79 Å². The van der Waals surface area contributed by atoms with Crippen molar-refractivity contribution >= 4 is 18.1 Å². The molecule has 1 saturated heterocycles. The van der Waals surface area contributed by atoms with Crippen LogP contribution in [0, 0.1) is 0 Å². The zero-order valence-corrected chi connectivity index (χ0v) is 9.39. The predicted octanol–water partition coefficient (Wildman–Crippen LogP) is 1.95. The Hall–Kier alpha value is -1.26. The summed E-state index contributed by atoms with van der Waals surface area (Å²) in [6, 6.07) is 6.82. The molecule has 0 aliphatic carbocycles. The summed E-state index contributed by atoms with van der Waals surface area (Å²) < 4.78 is 15.4. The molecule has 1 fully saturated rings. The van der Waals surface area contributed by atoms with Crippen LogP contribution in [0.4, 0.5) is 0 Å². The maximum absolute atomic E-state index is 10.3. The molecule has 1 heterocycles. The number of hydrogen-bond acceptors (Lipinski definition) is 4. The molecule has 0 radical (unpaired) electrons. The van der Waals surface area contributed by atoms with Crippen LogP contribution in [0.15, 0.2) is 24.3 Å². The monoisotopic (exact) mass is 242 g/mol. The number of carbonyl (C=O) groups excluding carboxylic acids is 1. The Morgan fingerprint density at radius 1 is 1.44 bits per heavy atom. The van der Waals surface area contributed by atoms with E-state index in [2.05, 4.69) is 0 Å². The van der Waals surface area contributed by atoms with Gasteiger partial charge in [0.05, 0.1) is 6.10 Å². The third-order valence-corrected chi connectivity index (χ3v) is 2.62. The number of carbonyl (C=O) groups is 1. The average molecular weight is 243 g/mol. The summed E-state index contributed by atoms with van der Waals surface area (Å²) in [6.45, 7) is 2.26. The van der Waals surface area contributed by atoms with Crippen LogP contribution in [0.25, 0.3) is 0 Å². The molecule has 0 saturated carbocycles. The van der Waals surface area contributed by atoms with Crippen molar-refractivity contribution in [2.45, 2.75) is 24.7 Å². The van der Waals surface area contributed by atoms with Gasteiger partial charge in [0, 0.05) is 0 Å². The lowest BCUT2D eigenvalue weighted by Gasteiger charge is -2.12. The van der Waals surface area contributed by atoms with Crippen molar-refractivity contribution in [1.82, 2.24) is 0 Å². The minimum Gasteiger partial charge on any atom is -0.468 e. The van der Waals surface area contributed by atoms with Crippen LogP contribution >= 0.6 is 11.6 Å². The van der Waals surface area contributed by atoms with Crippen LogP contribution in [0.1, 0.15) is 6.92 Å².